The Morgan fingerprint density at radius 3 is 2.12 bits per heavy atom. The molecule has 4 rings (SSSR count). The van der Waals surface area contributed by atoms with Gasteiger partial charge in [-0.05, 0) is 49.3 Å². The Hall–Kier alpha value is -3.58. The van der Waals surface area contributed by atoms with Crippen LogP contribution in [0.2, 0.25) is 10.0 Å². The van der Waals surface area contributed by atoms with E-state index in [1.54, 1.807) is 0 Å². The molecule has 42 heavy (non-hydrogen) atoms. The van der Waals surface area contributed by atoms with Gasteiger partial charge in [-0.3, -0.25) is 24.0 Å². The summed E-state index contributed by atoms with van der Waals surface area (Å²) < 4.78 is 71.8. The number of aliphatic carboxylic acids is 1. The van der Waals surface area contributed by atoms with Crippen molar-refractivity contribution >= 4 is 40.9 Å². The van der Waals surface area contributed by atoms with Crippen molar-refractivity contribution in [3.05, 3.63) is 80.9 Å². The number of carboxylic acids is 1. The summed E-state index contributed by atoms with van der Waals surface area (Å²) in [6.07, 6.45) is -1.04. The highest BCUT2D eigenvalue weighted by Crippen LogP contribution is 2.40. The minimum atomic E-state index is -5.04. The van der Waals surface area contributed by atoms with Crippen LogP contribution in [0.3, 0.4) is 0 Å². The maximum Gasteiger partial charge on any atom is 0.433 e. The summed E-state index contributed by atoms with van der Waals surface area (Å²) in [5.41, 5.74) is -2.58. The van der Waals surface area contributed by atoms with Gasteiger partial charge in [0.05, 0.1) is 40.0 Å². The van der Waals surface area contributed by atoms with Gasteiger partial charge in [-0.1, -0.05) is 23.2 Å². The number of aromatic nitrogens is 3. The van der Waals surface area contributed by atoms with Gasteiger partial charge >= 0.3 is 12.1 Å². The van der Waals surface area contributed by atoms with Gasteiger partial charge in [-0.15, -0.1) is 0 Å². The number of Topliss-reactive ketones (excluding diaryl/α,β-unsaturated/α-hetero) is 1. The molecule has 15 heteroatoms. The van der Waals surface area contributed by atoms with Crippen LogP contribution < -0.4 is 0 Å². The molecule has 2 aromatic heterocycles. The smallest absolute Gasteiger partial charge is 0.433 e. The summed E-state index contributed by atoms with van der Waals surface area (Å²) >= 11 is 12.1. The zero-order chi connectivity index (χ0) is 30.8. The van der Waals surface area contributed by atoms with Crippen LogP contribution in [-0.4, -0.2) is 49.0 Å². The maximum atomic E-state index is 14.4. The zero-order valence-electron chi connectivity index (χ0n) is 21.7. The van der Waals surface area contributed by atoms with Gasteiger partial charge in [0.25, 0.3) is 5.91 Å². The number of carboxylic acid groups (broad SMARTS) is 1. The monoisotopic (exact) mass is 632 g/mol. The van der Waals surface area contributed by atoms with Crippen molar-refractivity contribution in [2.75, 3.05) is 6.54 Å². The highest BCUT2D eigenvalue weighted by molar-refractivity contribution is 6.39. The van der Waals surface area contributed by atoms with Gasteiger partial charge in [-0.2, -0.15) is 18.3 Å². The Labute approximate surface area is 246 Å². The van der Waals surface area contributed by atoms with Crippen LogP contribution in [0.4, 0.5) is 22.0 Å². The van der Waals surface area contributed by atoms with Crippen molar-refractivity contribution in [2.45, 2.75) is 50.9 Å². The SMILES string of the molecule is O=C(O)C[C@H]1CC[C@H](n2ncc(C(=O)N(CC(=O)c3c(Cl)cncc3Cl)Cc3cc(F)cc(F)c3)c2C(F)(F)F)CC1. The Kier molecular flexibility index (Phi) is 9.51. The average molecular weight is 633 g/mol. The van der Waals surface area contributed by atoms with E-state index in [4.69, 9.17) is 28.3 Å². The number of benzene rings is 1. The van der Waals surface area contributed by atoms with E-state index in [0.717, 1.165) is 30.7 Å². The first-order valence-electron chi connectivity index (χ1n) is 12.7. The zero-order valence-corrected chi connectivity index (χ0v) is 23.2. The van der Waals surface area contributed by atoms with Crippen LogP contribution in [0.25, 0.3) is 0 Å². The fourth-order valence-electron chi connectivity index (χ4n) is 5.14. The summed E-state index contributed by atoms with van der Waals surface area (Å²) in [7, 11) is 0. The second-order valence-corrected chi connectivity index (χ2v) is 10.8. The van der Waals surface area contributed by atoms with Gasteiger partial charge in [0.2, 0.25) is 0 Å². The van der Waals surface area contributed by atoms with Crippen LogP contribution >= 0.6 is 23.2 Å². The normalized spacial score (nSPS) is 17.2. The molecule has 0 saturated heterocycles. The van der Waals surface area contributed by atoms with Gasteiger partial charge in [0.15, 0.2) is 11.5 Å². The topological polar surface area (TPSA) is 105 Å². The lowest BCUT2D eigenvalue weighted by Gasteiger charge is -2.29. The van der Waals surface area contributed by atoms with Gasteiger partial charge in [0.1, 0.15) is 11.6 Å². The first-order valence-corrected chi connectivity index (χ1v) is 13.4. The quantitative estimate of drug-likeness (QED) is 0.210. The molecule has 0 aliphatic heterocycles. The van der Waals surface area contributed by atoms with E-state index < -0.39 is 65.9 Å². The van der Waals surface area contributed by atoms with E-state index in [2.05, 4.69) is 10.1 Å². The van der Waals surface area contributed by atoms with Gasteiger partial charge in [-0.25, -0.2) is 8.78 Å². The number of nitrogens with zero attached hydrogens (tertiary/aromatic N) is 4. The number of amides is 1. The first kappa shape index (κ1) is 31.4. The van der Waals surface area contributed by atoms with E-state index >= 15 is 0 Å². The summed E-state index contributed by atoms with van der Waals surface area (Å²) in [6, 6.07) is 1.58. The third-order valence-electron chi connectivity index (χ3n) is 6.97. The fraction of sp³-hybridized carbons (Fsp3) is 0.370. The molecule has 0 spiro atoms. The molecular weight excluding hydrogens is 610 g/mol. The minimum absolute atomic E-state index is 0.100. The lowest BCUT2D eigenvalue weighted by molar-refractivity contribution is -0.145. The molecule has 2 heterocycles. The van der Waals surface area contributed by atoms with Crippen LogP contribution in [0, 0.1) is 17.6 Å². The molecule has 1 saturated carbocycles. The number of carbonyl (C=O) groups excluding carboxylic acids is 2. The number of rotatable bonds is 9. The van der Waals surface area contributed by atoms with Crippen LogP contribution in [-0.2, 0) is 17.5 Å². The lowest BCUT2D eigenvalue weighted by Crippen LogP contribution is -2.37. The highest BCUT2D eigenvalue weighted by atomic mass is 35.5. The van der Waals surface area contributed by atoms with Crippen molar-refractivity contribution in [2.24, 2.45) is 5.92 Å². The second-order valence-electron chi connectivity index (χ2n) is 9.96. The van der Waals surface area contributed by atoms with Gasteiger partial charge in [0, 0.05) is 31.4 Å². The molecule has 1 aliphatic rings. The third kappa shape index (κ3) is 7.24. The summed E-state index contributed by atoms with van der Waals surface area (Å²) in [5, 5.41) is 12.6. The summed E-state index contributed by atoms with van der Waals surface area (Å²) in [6.45, 7) is -1.48. The second kappa shape index (κ2) is 12.7. The number of alkyl halides is 3. The molecule has 1 amide bonds. The van der Waals surface area contributed by atoms with Crippen molar-refractivity contribution in [3.63, 3.8) is 0 Å². The molecule has 1 aromatic carbocycles. The number of pyridine rings is 1. The molecule has 0 radical (unpaired) electrons. The molecule has 0 bridgehead atoms. The predicted molar refractivity (Wildman–Crippen MR) is 140 cm³/mol. The van der Waals surface area contributed by atoms with Crippen molar-refractivity contribution < 1.29 is 41.4 Å². The standard InChI is InChI=1S/C27H23Cl2F5N4O4/c28-20-10-35-11-21(29)24(20)22(39)13-37(12-15-5-16(30)8-17(31)6-15)26(42)19-9-36-38(25(19)27(32,33)34)18-3-1-14(2-4-18)7-23(40)41/h5-6,8-11,14,18H,1-4,7,12-13H2,(H,40,41)/t14-,18-. The van der Waals surface area contributed by atoms with E-state index in [1.165, 1.54) is 0 Å². The van der Waals surface area contributed by atoms with Gasteiger partial charge < -0.3 is 10.0 Å². The van der Waals surface area contributed by atoms with Crippen LogP contribution in [0.5, 0.6) is 0 Å². The molecule has 1 aliphatic carbocycles. The molecule has 1 fully saturated rings. The number of hydrogen-bond acceptors (Lipinski definition) is 5. The summed E-state index contributed by atoms with van der Waals surface area (Å²) in [4.78, 5) is 42.3. The van der Waals surface area contributed by atoms with E-state index in [1.807, 2.05) is 0 Å². The van der Waals surface area contributed by atoms with Crippen molar-refractivity contribution in [3.8, 4) is 0 Å². The van der Waals surface area contributed by atoms with Crippen molar-refractivity contribution in [1.29, 1.82) is 0 Å². The molecule has 3 aromatic rings. The predicted octanol–water partition coefficient (Wildman–Crippen LogP) is 6.61. The van der Waals surface area contributed by atoms with E-state index in [9.17, 15) is 36.3 Å². The number of ketones is 1. The lowest BCUT2D eigenvalue weighted by atomic mass is 9.84. The third-order valence-corrected chi connectivity index (χ3v) is 7.54. The molecule has 8 nitrogen and oxygen atoms in total. The molecule has 0 atom stereocenters. The Morgan fingerprint density at radius 2 is 1.57 bits per heavy atom. The molecule has 0 unspecified atom stereocenters. The van der Waals surface area contributed by atoms with Crippen LogP contribution in [0.1, 0.15) is 70.1 Å². The summed E-state index contributed by atoms with van der Waals surface area (Å²) in [5.74, 6) is -5.30. The Morgan fingerprint density at radius 1 is 0.976 bits per heavy atom. The Bertz CT molecular complexity index is 1470. The van der Waals surface area contributed by atoms with Crippen LogP contribution in [0.15, 0.2) is 36.8 Å². The highest BCUT2D eigenvalue weighted by Gasteiger charge is 2.43. The average Bonchev–Trinajstić information content (AvgIpc) is 3.33. The molecular formula is C27H23Cl2F5N4O4. The number of carbonyl (C=O) groups is 3. The fourth-order valence-corrected chi connectivity index (χ4v) is 5.72. The van der Waals surface area contributed by atoms with E-state index in [-0.39, 0.29) is 46.4 Å². The number of hydrogen-bond donors (Lipinski definition) is 1. The molecule has 1 N–H and O–H groups in total. The van der Waals surface area contributed by atoms with Crippen molar-refractivity contribution in [1.82, 2.24) is 19.7 Å². The minimum Gasteiger partial charge on any atom is -0.481 e. The number of halogens is 7. The maximum absolute atomic E-state index is 14.4. The molecule has 224 valence electrons. The largest absolute Gasteiger partial charge is 0.481 e. The first-order chi connectivity index (χ1) is 19.7. The van der Waals surface area contributed by atoms with E-state index in [0.29, 0.717) is 28.5 Å². The Balaban J connectivity index is 1.70.